The van der Waals surface area contributed by atoms with E-state index in [-0.39, 0.29) is 11.1 Å². The van der Waals surface area contributed by atoms with Gasteiger partial charge in [-0.2, -0.15) is 13.2 Å². The number of alkyl halides is 5. The fraction of sp³-hybridized carbons (Fsp3) is 0.300. The molecule has 1 rings (SSSR count). The van der Waals surface area contributed by atoms with Gasteiger partial charge in [-0.15, -0.1) is 0 Å². The van der Waals surface area contributed by atoms with E-state index in [9.17, 15) is 22.0 Å². The van der Waals surface area contributed by atoms with Crippen LogP contribution in [-0.4, -0.2) is 19.0 Å². The molecule has 0 spiro atoms. The third kappa shape index (κ3) is 4.80. The number of rotatable bonds is 4. The molecule has 0 amide bonds. The van der Waals surface area contributed by atoms with Crippen LogP contribution in [0.4, 0.5) is 22.0 Å². The maximum absolute atomic E-state index is 12.4. The van der Waals surface area contributed by atoms with Crippen molar-refractivity contribution in [3.8, 4) is 0 Å². The summed E-state index contributed by atoms with van der Waals surface area (Å²) >= 11 is 0. The summed E-state index contributed by atoms with van der Waals surface area (Å²) in [7, 11) is 0. The van der Waals surface area contributed by atoms with Gasteiger partial charge in [0.15, 0.2) is 0 Å². The standard InChI is InChI=1S/C10H8F5NO/c11-9(12)8-4-2-1-3-7(8)5-16-17-6-10(13,14)15/h1-5,9H,6H2. The molecule has 0 aromatic heterocycles. The van der Waals surface area contributed by atoms with Crippen molar-refractivity contribution in [2.45, 2.75) is 12.6 Å². The number of hydrogen-bond acceptors (Lipinski definition) is 2. The van der Waals surface area contributed by atoms with E-state index in [2.05, 4.69) is 9.99 Å². The third-order valence-corrected chi connectivity index (χ3v) is 1.73. The molecule has 0 unspecified atom stereocenters. The SMILES string of the molecule is FC(F)c1ccccc1C=NOCC(F)(F)F. The maximum atomic E-state index is 12.4. The van der Waals surface area contributed by atoms with Crippen LogP contribution in [0.15, 0.2) is 29.4 Å². The molecule has 0 saturated carbocycles. The topological polar surface area (TPSA) is 21.6 Å². The van der Waals surface area contributed by atoms with E-state index >= 15 is 0 Å². The maximum Gasteiger partial charge on any atom is 0.425 e. The molecule has 0 heterocycles. The van der Waals surface area contributed by atoms with Gasteiger partial charge in [0, 0.05) is 11.1 Å². The fourth-order valence-electron chi connectivity index (χ4n) is 1.03. The fourth-order valence-corrected chi connectivity index (χ4v) is 1.03. The molecule has 0 saturated heterocycles. The second-order valence-corrected chi connectivity index (χ2v) is 3.05. The van der Waals surface area contributed by atoms with Crippen molar-refractivity contribution in [2.75, 3.05) is 6.61 Å². The largest absolute Gasteiger partial charge is 0.425 e. The van der Waals surface area contributed by atoms with Crippen LogP contribution >= 0.6 is 0 Å². The summed E-state index contributed by atoms with van der Waals surface area (Å²) < 4.78 is 59.9. The molecule has 0 radical (unpaired) electrons. The number of hydrogen-bond donors (Lipinski definition) is 0. The molecule has 94 valence electrons. The van der Waals surface area contributed by atoms with Gasteiger partial charge in [-0.3, -0.25) is 0 Å². The zero-order chi connectivity index (χ0) is 12.9. The van der Waals surface area contributed by atoms with Crippen LogP contribution in [0.3, 0.4) is 0 Å². The highest BCUT2D eigenvalue weighted by Gasteiger charge is 2.28. The minimum Gasteiger partial charge on any atom is -0.386 e. The molecule has 0 aliphatic rings. The van der Waals surface area contributed by atoms with Gasteiger partial charge >= 0.3 is 6.18 Å². The lowest BCUT2D eigenvalue weighted by molar-refractivity contribution is -0.173. The number of halogens is 5. The van der Waals surface area contributed by atoms with Crippen LogP contribution in [0.1, 0.15) is 17.6 Å². The summed E-state index contributed by atoms with van der Waals surface area (Å²) in [5.41, 5.74) is -0.295. The van der Waals surface area contributed by atoms with E-state index in [1.807, 2.05) is 0 Å². The summed E-state index contributed by atoms with van der Waals surface area (Å²) in [6.07, 6.45) is -6.40. The molecule has 0 atom stereocenters. The van der Waals surface area contributed by atoms with Crippen molar-refractivity contribution in [1.82, 2.24) is 0 Å². The Hall–Kier alpha value is -1.66. The van der Waals surface area contributed by atoms with Crippen molar-refractivity contribution in [2.24, 2.45) is 5.16 Å². The first-order chi connectivity index (χ1) is 7.90. The van der Waals surface area contributed by atoms with Crippen molar-refractivity contribution in [1.29, 1.82) is 0 Å². The van der Waals surface area contributed by atoms with E-state index in [0.717, 1.165) is 12.3 Å². The Kier molecular flexibility index (Phi) is 4.42. The van der Waals surface area contributed by atoms with Gasteiger partial charge in [0.05, 0.1) is 6.21 Å². The first kappa shape index (κ1) is 13.4. The van der Waals surface area contributed by atoms with Crippen LogP contribution in [0.25, 0.3) is 0 Å². The highest BCUT2D eigenvalue weighted by Crippen LogP contribution is 2.21. The first-order valence-corrected chi connectivity index (χ1v) is 4.49. The van der Waals surface area contributed by atoms with Gasteiger partial charge in [0.1, 0.15) is 0 Å². The molecule has 0 bridgehead atoms. The summed E-state index contributed by atoms with van der Waals surface area (Å²) in [6, 6.07) is 5.34. The molecule has 0 aliphatic heterocycles. The van der Waals surface area contributed by atoms with Gasteiger partial charge < -0.3 is 4.84 Å². The molecule has 0 fully saturated rings. The Labute approximate surface area is 93.7 Å². The van der Waals surface area contributed by atoms with Gasteiger partial charge in [-0.25, -0.2) is 8.78 Å². The quantitative estimate of drug-likeness (QED) is 0.457. The van der Waals surface area contributed by atoms with Crippen molar-refractivity contribution in [3.05, 3.63) is 35.4 Å². The van der Waals surface area contributed by atoms with E-state index < -0.39 is 19.2 Å². The Morgan fingerprint density at radius 3 is 2.47 bits per heavy atom. The lowest BCUT2D eigenvalue weighted by atomic mass is 10.1. The van der Waals surface area contributed by atoms with Gasteiger partial charge in [0.25, 0.3) is 6.43 Å². The zero-order valence-electron chi connectivity index (χ0n) is 8.42. The second kappa shape index (κ2) is 5.60. The molecule has 17 heavy (non-hydrogen) atoms. The molecule has 1 aromatic rings. The summed E-state index contributed by atoms with van der Waals surface area (Å²) in [5, 5.41) is 2.99. The minimum absolute atomic E-state index is 0.0182. The number of benzene rings is 1. The average molecular weight is 253 g/mol. The average Bonchev–Trinajstić information content (AvgIpc) is 2.23. The normalized spacial score (nSPS) is 12.4. The van der Waals surface area contributed by atoms with E-state index in [1.165, 1.54) is 18.2 Å². The molecule has 0 aliphatic carbocycles. The van der Waals surface area contributed by atoms with Crippen LogP contribution in [0.2, 0.25) is 0 Å². The monoisotopic (exact) mass is 253 g/mol. The molecular formula is C10H8F5NO. The van der Waals surface area contributed by atoms with Crippen LogP contribution in [-0.2, 0) is 4.84 Å². The lowest BCUT2D eigenvalue weighted by Gasteiger charge is -2.05. The highest BCUT2D eigenvalue weighted by molar-refractivity contribution is 5.81. The van der Waals surface area contributed by atoms with Gasteiger partial charge in [-0.1, -0.05) is 29.4 Å². The number of nitrogens with zero attached hydrogens (tertiary/aromatic N) is 1. The third-order valence-electron chi connectivity index (χ3n) is 1.73. The molecule has 0 N–H and O–H groups in total. The second-order valence-electron chi connectivity index (χ2n) is 3.05. The van der Waals surface area contributed by atoms with Gasteiger partial charge in [-0.05, 0) is 0 Å². The van der Waals surface area contributed by atoms with E-state index in [1.54, 1.807) is 0 Å². The molecule has 1 aromatic carbocycles. The Morgan fingerprint density at radius 2 is 1.88 bits per heavy atom. The smallest absolute Gasteiger partial charge is 0.386 e. The molecule has 2 nitrogen and oxygen atoms in total. The van der Waals surface area contributed by atoms with Crippen LogP contribution in [0, 0.1) is 0 Å². The first-order valence-electron chi connectivity index (χ1n) is 4.49. The lowest BCUT2D eigenvalue weighted by Crippen LogP contribution is -2.14. The molecular weight excluding hydrogens is 245 g/mol. The Balaban J connectivity index is 2.65. The minimum atomic E-state index is -4.50. The summed E-state index contributed by atoms with van der Waals surface area (Å²) in [5.74, 6) is 0. The summed E-state index contributed by atoms with van der Waals surface area (Å²) in [6.45, 7) is -1.56. The molecule has 7 heteroatoms. The Morgan fingerprint density at radius 1 is 1.24 bits per heavy atom. The summed E-state index contributed by atoms with van der Waals surface area (Å²) in [4.78, 5) is 3.94. The predicted octanol–water partition coefficient (Wildman–Crippen LogP) is 3.54. The van der Waals surface area contributed by atoms with Crippen molar-refractivity contribution >= 4 is 6.21 Å². The zero-order valence-corrected chi connectivity index (χ0v) is 8.42. The van der Waals surface area contributed by atoms with Gasteiger partial charge in [0.2, 0.25) is 6.61 Å². The number of oxime groups is 1. The highest BCUT2D eigenvalue weighted by atomic mass is 19.4. The van der Waals surface area contributed by atoms with Crippen LogP contribution < -0.4 is 0 Å². The van der Waals surface area contributed by atoms with E-state index in [4.69, 9.17) is 0 Å². The van der Waals surface area contributed by atoms with Crippen molar-refractivity contribution in [3.63, 3.8) is 0 Å². The van der Waals surface area contributed by atoms with Crippen LogP contribution in [0.5, 0.6) is 0 Å². The van der Waals surface area contributed by atoms with Crippen molar-refractivity contribution < 1.29 is 26.8 Å². The predicted molar refractivity (Wildman–Crippen MR) is 51.0 cm³/mol. The van der Waals surface area contributed by atoms with E-state index in [0.29, 0.717) is 0 Å². The Bertz CT molecular complexity index is 389.